The lowest BCUT2D eigenvalue weighted by molar-refractivity contribution is -0.141. The van der Waals surface area contributed by atoms with Crippen LogP contribution in [0, 0.1) is 5.41 Å². The molecule has 35 heavy (non-hydrogen) atoms. The van der Waals surface area contributed by atoms with Gasteiger partial charge in [-0.05, 0) is 43.1 Å². The number of alkyl halides is 3. The number of anilines is 2. The van der Waals surface area contributed by atoms with Crippen molar-refractivity contribution in [1.29, 1.82) is 0 Å². The van der Waals surface area contributed by atoms with E-state index in [1.54, 1.807) is 0 Å². The number of fused-ring (bicyclic) bond motifs is 1. The maximum atomic E-state index is 12.9. The predicted molar refractivity (Wildman–Crippen MR) is 126 cm³/mol. The summed E-state index contributed by atoms with van der Waals surface area (Å²) in [5.74, 6) is 0.758. The van der Waals surface area contributed by atoms with Gasteiger partial charge in [-0.3, -0.25) is 9.78 Å². The van der Waals surface area contributed by atoms with Crippen LogP contribution in [0.15, 0.2) is 18.5 Å². The fraction of sp³-hybridized carbons (Fsp3) is 0.600. The van der Waals surface area contributed by atoms with Gasteiger partial charge >= 0.3 is 6.18 Å². The summed E-state index contributed by atoms with van der Waals surface area (Å²) in [6.45, 7) is 8.45. The van der Waals surface area contributed by atoms with Gasteiger partial charge < -0.3 is 15.0 Å². The summed E-state index contributed by atoms with van der Waals surface area (Å²) in [5.41, 5.74) is 2.11. The van der Waals surface area contributed by atoms with E-state index >= 15 is 0 Å². The summed E-state index contributed by atoms with van der Waals surface area (Å²) in [7, 11) is 0. The van der Waals surface area contributed by atoms with E-state index in [1.807, 2.05) is 20.8 Å². The van der Waals surface area contributed by atoms with E-state index in [9.17, 15) is 18.0 Å². The Hall–Kier alpha value is -2.75. The minimum absolute atomic E-state index is 0.0639. The number of hydrogen-bond donors (Lipinski definition) is 1. The molecular weight excluding hydrogens is 459 g/mol. The zero-order valence-corrected chi connectivity index (χ0v) is 20.4. The second-order valence-corrected chi connectivity index (χ2v) is 10.5. The van der Waals surface area contributed by atoms with Crippen molar-refractivity contribution in [2.24, 2.45) is 5.41 Å². The molecule has 1 amide bonds. The fourth-order valence-electron chi connectivity index (χ4n) is 4.59. The molecular formula is C25H32F3N5O2. The highest BCUT2D eigenvalue weighted by molar-refractivity contribution is 5.91. The Labute approximate surface area is 203 Å². The summed E-state index contributed by atoms with van der Waals surface area (Å²) >= 11 is 0. The SMILES string of the molecule is CC(C)(C)CC(=O)Nc1nc2c(cc1C1CCOCC1)N(Cc1cnc(C(F)(F)F)cn1)CCC2. The largest absolute Gasteiger partial charge is 0.434 e. The van der Waals surface area contributed by atoms with Crippen LogP contribution in [-0.4, -0.2) is 40.6 Å². The lowest BCUT2D eigenvalue weighted by atomic mass is 9.89. The van der Waals surface area contributed by atoms with E-state index in [1.165, 1.54) is 6.20 Å². The van der Waals surface area contributed by atoms with E-state index in [4.69, 9.17) is 9.72 Å². The number of pyridine rings is 1. The van der Waals surface area contributed by atoms with Gasteiger partial charge in [-0.15, -0.1) is 0 Å². The number of amides is 1. The number of hydrogen-bond acceptors (Lipinski definition) is 6. The number of aromatic nitrogens is 3. The maximum Gasteiger partial charge on any atom is 0.434 e. The first-order valence-corrected chi connectivity index (χ1v) is 12.0. The quantitative estimate of drug-likeness (QED) is 0.626. The van der Waals surface area contributed by atoms with Gasteiger partial charge in [0, 0.05) is 31.7 Å². The van der Waals surface area contributed by atoms with Crippen molar-refractivity contribution in [1.82, 2.24) is 15.0 Å². The normalized spacial score (nSPS) is 17.3. The predicted octanol–water partition coefficient (Wildman–Crippen LogP) is 5.11. The Morgan fingerprint density at radius 3 is 2.54 bits per heavy atom. The number of carbonyl (C=O) groups excluding carboxylic acids is 1. The Kier molecular flexibility index (Phi) is 7.30. The number of halogens is 3. The van der Waals surface area contributed by atoms with Crippen LogP contribution in [0.5, 0.6) is 0 Å². The maximum absolute atomic E-state index is 12.9. The average molecular weight is 492 g/mol. The van der Waals surface area contributed by atoms with Crippen LogP contribution in [0.3, 0.4) is 0 Å². The average Bonchev–Trinajstić information content (AvgIpc) is 2.78. The fourth-order valence-corrected chi connectivity index (χ4v) is 4.59. The van der Waals surface area contributed by atoms with Crippen molar-refractivity contribution in [3.63, 3.8) is 0 Å². The third kappa shape index (κ3) is 6.48. The van der Waals surface area contributed by atoms with Gasteiger partial charge in [-0.2, -0.15) is 13.2 Å². The first-order chi connectivity index (χ1) is 16.5. The van der Waals surface area contributed by atoms with Crippen LogP contribution in [0.25, 0.3) is 0 Å². The third-order valence-corrected chi connectivity index (χ3v) is 6.25. The van der Waals surface area contributed by atoms with Crippen molar-refractivity contribution < 1.29 is 22.7 Å². The molecule has 4 heterocycles. The number of nitrogens with zero attached hydrogens (tertiary/aromatic N) is 4. The van der Waals surface area contributed by atoms with Crippen molar-refractivity contribution >= 4 is 17.4 Å². The van der Waals surface area contributed by atoms with Crippen LogP contribution < -0.4 is 10.2 Å². The molecule has 0 aromatic carbocycles. The Bertz CT molecular complexity index is 1040. The minimum Gasteiger partial charge on any atom is -0.381 e. The second kappa shape index (κ2) is 10.1. The molecule has 1 saturated heterocycles. The molecule has 2 aromatic heterocycles. The number of aryl methyl sites for hydroxylation is 1. The molecule has 10 heteroatoms. The van der Waals surface area contributed by atoms with Crippen molar-refractivity contribution in [3.8, 4) is 0 Å². The summed E-state index contributed by atoms with van der Waals surface area (Å²) in [5, 5.41) is 3.06. The lowest BCUT2D eigenvalue weighted by Gasteiger charge is -2.33. The van der Waals surface area contributed by atoms with Gasteiger partial charge in [0.15, 0.2) is 5.69 Å². The molecule has 0 atom stereocenters. The molecule has 0 unspecified atom stereocenters. The topological polar surface area (TPSA) is 80.2 Å². The first kappa shape index (κ1) is 25.3. The molecule has 1 N–H and O–H groups in total. The van der Waals surface area contributed by atoms with Gasteiger partial charge in [-0.1, -0.05) is 20.8 Å². The zero-order valence-electron chi connectivity index (χ0n) is 20.4. The van der Waals surface area contributed by atoms with E-state index in [-0.39, 0.29) is 17.2 Å². The highest BCUT2D eigenvalue weighted by atomic mass is 19.4. The molecule has 0 bridgehead atoms. The van der Waals surface area contributed by atoms with Crippen molar-refractivity contribution in [3.05, 3.63) is 41.1 Å². The van der Waals surface area contributed by atoms with Crippen LogP contribution in [-0.2, 0) is 28.7 Å². The van der Waals surface area contributed by atoms with Crippen LogP contribution >= 0.6 is 0 Å². The molecule has 1 fully saturated rings. The molecule has 0 saturated carbocycles. The molecule has 2 aliphatic rings. The molecule has 7 nitrogen and oxygen atoms in total. The molecule has 0 aliphatic carbocycles. The second-order valence-electron chi connectivity index (χ2n) is 10.5. The first-order valence-electron chi connectivity index (χ1n) is 12.0. The van der Waals surface area contributed by atoms with Gasteiger partial charge in [0.2, 0.25) is 5.91 Å². The van der Waals surface area contributed by atoms with Gasteiger partial charge in [-0.25, -0.2) is 9.97 Å². The summed E-state index contributed by atoms with van der Waals surface area (Å²) in [6, 6.07) is 2.10. The van der Waals surface area contributed by atoms with Crippen LogP contribution in [0.4, 0.5) is 24.7 Å². The molecule has 2 aliphatic heterocycles. The number of rotatable bonds is 5. The Morgan fingerprint density at radius 2 is 1.91 bits per heavy atom. The summed E-state index contributed by atoms with van der Waals surface area (Å²) < 4.78 is 44.1. The molecule has 0 spiro atoms. The number of nitrogens with one attached hydrogen (secondary N) is 1. The molecule has 4 rings (SSSR count). The zero-order chi connectivity index (χ0) is 25.2. The summed E-state index contributed by atoms with van der Waals surface area (Å²) in [4.78, 5) is 27.3. The van der Waals surface area contributed by atoms with Crippen molar-refractivity contribution in [2.45, 2.75) is 71.5 Å². The standard InChI is InChI=1S/C25H32F3N5O2/c1-24(2,3)12-22(34)32-23-18(16-6-9-35-10-7-16)11-20-19(31-23)5-4-8-33(20)15-17-13-30-21(14-29-17)25(26,27)28/h11,13-14,16H,4-10,12,15H2,1-3H3,(H,31,32,34). The monoisotopic (exact) mass is 491 g/mol. The van der Waals surface area contributed by atoms with Crippen molar-refractivity contribution in [2.75, 3.05) is 30.0 Å². The van der Waals surface area contributed by atoms with Gasteiger partial charge in [0.25, 0.3) is 0 Å². The molecule has 2 aromatic rings. The summed E-state index contributed by atoms with van der Waals surface area (Å²) in [6.07, 6.45) is 1.13. The third-order valence-electron chi connectivity index (χ3n) is 6.25. The number of carbonyl (C=O) groups is 1. The molecule has 190 valence electrons. The minimum atomic E-state index is -4.51. The Balaban J connectivity index is 1.63. The Morgan fingerprint density at radius 1 is 1.17 bits per heavy atom. The van der Waals surface area contributed by atoms with Gasteiger partial charge in [0.05, 0.1) is 36.0 Å². The van der Waals surface area contributed by atoms with Crippen LogP contribution in [0.2, 0.25) is 0 Å². The highest BCUT2D eigenvalue weighted by Crippen LogP contribution is 2.38. The number of ether oxygens (including phenoxy) is 1. The van der Waals surface area contributed by atoms with E-state index in [2.05, 4.69) is 26.3 Å². The van der Waals surface area contributed by atoms with E-state index in [0.717, 1.165) is 55.4 Å². The smallest absolute Gasteiger partial charge is 0.381 e. The molecule has 0 radical (unpaired) electrons. The lowest BCUT2D eigenvalue weighted by Crippen LogP contribution is -2.31. The van der Waals surface area contributed by atoms with E-state index in [0.29, 0.717) is 37.7 Å². The van der Waals surface area contributed by atoms with Crippen LogP contribution in [0.1, 0.15) is 75.0 Å². The highest BCUT2D eigenvalue weighted by Gasteiger charge is 2.33. The van der Waals surface area contributed by atoms with Gasteiger partial charge in [0.1, 0.15) is 5.82 Å². The van der Waals surface area contributed by atoms with E-state index < -0.39 is 11.9 Å².